The van der Waals surface area contributed by atoms with Crippen LogP contribution >= 0.6 is 0 Å². The maximum Gasteiger partial charge on any atom is 0.417 e. The monoisotopic (exact) mass is 520 g/mol. The molecule has 9 nitrogen and oxygen atoms in total. The number of amides is 1. The highest BCUT2D eigenvalue weighted by Crippen LogP contribution is 2.37. The van der Waals surface area contributed by atoms with E-state index >= 15 is 0 Å². The first-order chi connectivity index (χ1) is 17.5. The van der Waals surface area contributed by atoms with E-state index < -0.39 is 41.1 Å². The van der Waals surface area contributed by atoms with Gasteiger partial charge in [-0.05, 0) is 36.6 Å². The smallest absolute Gasteiger partial charge is 0.417 e. The number of benzene rings is 2. The number of nitrogens with zero attached hydrogens (tertiary/aromatic N) is 1. The Bertz CT molecular complexity index is 1410. The van der Waals surface area contributed by atoms with Crippen LogP contribution in [0.1, 0.15) is 12.5 Å². The van der Waals surface area contributed by atoms with Crippen LogP contribution in [-0.4, -0.2) is 60.7 Å². The van der Waals surface area contributed by atoms with Crippen molar-refractivity contribution >= 4 is 28.5 Å². The zero-order valence-electron chi connectivity index (χ0n) is 19.8. The Labute approximate surface area is 208 Å². The fourth-order valence-electron chi connectivity index (χ4n) is 4.12. The Hall–Kier alpha value is -3.90. The van der Waals surface area contributed by atoms with Gasteiger partial charge in [-0.1, -0.05) is 24.3 Å². The molecule has 2 N–H and O–H groups in total. The zero-order valence-corrected chi connectivity index (χ0v) is 19.8. The molecular formula is C25H23F3N2O7. The van der Waals surface area contributed by atoms with Crippen molar-refractivity contribution in [3.8, 4) is 11.3 Å². The first-order valence-corrected chi connectivity index (χ1v) is 11.1. The molecule has 0 spiro atoms. The Morgan fingerprint density at radius 3 is 2.57 bits per heavy atom. The number of alkyl halides is 3. The van der Waals surface area contributed by atoms with Gasteiger partial charge in [-0.2, -0.15) is 13.2 Å². The van der Waals surface area contributed by atoms with Crippen LogP contribution in [-0.2, 0) is 25.2 Å². The van der Waals surface area contributed by atoms with Crippen molar-refractivity contribution in [1.82, 2.24) is 4.98 Å². The van der Waals surface area contributed by atoms with E-state index in [0.717, 1.165) is 11.0 Å². The largest absolute Gasteiger partial charge is 0.479 e. The number of anilines is 1. The number of carboxylic acids is 1. The van der Waals surface area contributed by atoms with Crippen LogP contribution in [0, 0.1) is 0 Å². The summed E-state index contributed by atoms with van der Waals surface area (Å²) in [6.45, 7) is 1.21. The molecule has 1 aliphatic heterocycles. The lowest BCUT2D eigenvalue weighted by Gasteiger charge is -2.29. The van der Waals surface area contributed by atoms with E-state index in [-0.39, 0.29) is 42.1 Å². The molecule has 0 radical (unpaired) electrons. The Kier molecular flexibility index (Phi) is 6.98. The number of hydrogen-bond donors (Lipinski definition) is 2. The number of H-pyrrole nitrogens is 1. The number of ether oxygens (including phenoxy) is 3. The molecular weight excluding hydrogens is 497 g/mol. The van der Waals surface area contributed by atoms with Crippen LogP contribution < -0.4 is 10.5 Å². The first-order valence-electron chi connectivity index (χ1n) is 11.1. The third-order valence-corrected chi connectivity index (χ3v) is 6.20. The van der Waals surface area contributed by atoms with E-state index in [1.165, 1.54) is 56.5 Å². The van der Waals surface area contributed by atoms with Gasteiger partial charge < -0.3 is 24.3 Å². The highest BCUT2D eigenvalue weighted by Gasteiger charge is 2.51. The van der Waals surface area contributed by atoms with E-state index in [1.807, 2.05) is 0 Å². The van der Waals surface area contributed by atoms with Crippen molar-refractivity contribution in [2.45, 2.75) is 24.8 Å². The quantitative estimate of drug-likeness (QED) is 0.431. The summed E-state index contributed by atoms with van der Waals surface area (Å²) in [6, 6.07) is 10.7. The van der Waals surface area contributed by atoms with Crippen molar-refractivity contribution in [2.24, 2.45) is 0 Å². The minimum absolute atomic E-state index is 0.00995. The molecule has 1 fully saturated rings. The predicted molar refractivity (Wildman–Crippen MR) is 126 cm³/mol. The van der Waals surface area contributed by atoms with E-state index in [9.17, 15) is 32.7 Å². The predicted octanol–water partition coefficient (Wildman–Crippen LogP) is 4.05. The van der Waals surface area contributed by atoms with Crippen LogP contribution in [0.2, 0.25) is 0 Å². The number of fused-ring (bicyclic) bond motifs is 1. The average Bonchev–Trinajstić information content (AvgIpc) is 3.25. The summed E-state index contributed by atoms with van der Waals surface area (Å²) in [5.41, 5.74) is -3.33. The van der Waals surface area contributed by atoms with Gasteiger partial charge in [0, 0.05) is 29.4 Å². The number of carbonyl (C=O) groups excluding carboxylic acids is 1. The van der Waals surface area contributed by atoms with Crippen LogP contribution in [0.3, 0.4) is 0 Å². The normalized spacial score (nSPS) is 17.6. The van der Waals surface area contributed by atoms with Gasteiger partial charge in [0.15, 0.2) is 6.10 Å². The van der Waals surface area contributed by atoms with Crippen molar-refractivity contribution in [1.29, 1.82) is 0 Å². The Morgan fingerprint density at radius 1 is 1.16 bits per heavy atom. The number of pyridine rings is 1. The summed E-state index contributed by atoms with van der Waals surface area (Å²) in [4.78, 5) is 41.0. The molecule has 1 unspecified atom stereocenters. The molecule has 1 aliphatic rings. The summed E-state index contributed by atoms with van der Waals surface area (Å²) < 4.78 is 56.0. The third kappa shape index (κ3) is 5.02. The molecule has 0 saturated carbocycles. The number of rotatable bonds is 8. The van der Waals surface area contributed by atoms with Crippen LogP contribution in [0.4, 0.5) is 23.7 Å². The summed E-state index contributed by atoms with van der Waals surface area (Å²) >= 11 is 0. The second-order valence-electron chi connectivity index (χ2n) is 8.56. The Balaban J connectivity index is 1.66. The summed E-state index contributed by atoms with van der Waals surface area (Å²) in [6.07, 6.45) is -6.61. The van der Waals surface area contributed by atoms with E-state index in [2.05, 4.69) is 4.98 Å². The number of nitrogens with one attached hydrogen (secondary N) is 1. The first kappa shape index (κ1) is 26.2. The maximum absolute atomic E-state index is 13.5. The molecule has 4 rings (SSSR count). The number of hydrogen-bond acceptors (Lipinski definition) is 6. The third-order valence-electron chi connectivity index (χ3n) is 6.20. The van der Waals surface area contributed by atoms with Crippen molar-refractivity contribution in [3.05, 3.63) is 64.4 Å². The number of aromatic nitrogens is 1. The van der Waals surface area contributed by atoms with Crippen LogP contribution in [0.5, 0.6) is 0 Å². The van der Waals surface area contributed by atoms with Gasteiger partial charge >= 0.3 is 18.2 Å². The second-order valence-corrected chi connectivity index (χ2v) is 8.56. The molecule has 2 heterocycles. The molecule has 1 aromatic heterocycles. The second kappa shape index (κ2) is 9.87. The van der Waals surface area contributed by atoms with Crippen molar-refractivity contribution in [2.75, 3.05) is 31.8 Å². The van der Waals surface area contributed by atoms with Gasteiger partial charge in [0.25, 0.3) is 5.56 Å². The Morgan fingerprint density at radius 2 is 1.89 bits per heavy atom. The van der Waals surface area contributed by atoms with Crippen LogP contribution in [0.15, 0.2) is 53.3 Å². The minimum atomic E-state index is -4.61. The fraction of sp³-hybridized carbons (Fsp3) is 0.320. The van der Waals surface area contributed by atoms with E-state index in [4.69, 9.17) is 14.2 Å². The van der Waals surface area contributed by atoms with Gasteiger partial charge in [0.1, 0.15) is 0 Å². The molecule has 2 atom stereocenters. The molecule has 1 saturated heterocycles. The highest BCUT2D eigenvalue weighted by molar-refractivity contribution is 5.95. The number of carbonyl (C=O) groups is 2. The number of aromatic amines is 1. The molecule has 196 valence electrons. The summed E-state index contributed by atoms with van der Waals surface area (Å²) in [5, 5.41) is 10.2. The lowest BCUT2D eigenvalue weighted by atomic mass is 9.98. The lowest BCUT2D eigenvalue weighted by Crippen LogP contribution is -2.51. The van der Waals surface area contributed by atoms with E-state index in [1.54, 1.807) is 0 Å². The van der Waals surface area contributed by atoms with Gasteiger partial charge in [-0.3, -0.25) is 9.69 Å². The van der Waals surface area contributed by atoms with E-state index in [0.29, 0.717) is 5.39 Å². The number of carboxylic acid groups (broad SMARTS) is 1. The average molecular weight is 520 g/mol. The fourth-order valence-corrected chi connectivity index (χ4v) is 4.12. The number of methoxy groups -OCH3 is 1. The van der Waals surface area contributed by atoms with Crippen molar-refractivity contribution in [3.63, 3.8) is 0 Å². The molecule has 2 aromatic carbocycles. The molecule has 3 aromatic rings. The maximum atomic E-state index is 13.5. The lowest BCUT2D eigenvalue weighted by molar-refractivity contribution is -0.177. The molecule has 37 heavy (non-hydrogen) atoms. The van der Waals surface area contributed by atoms with Gasteiger partial charge in [0.05, 0.1) is 25.3 Å². The molecule has 12 heteroatoms. The van der Waals surface area contributed by atoms with Gasteiger partial charge in [-0.25, -0.2) is 9.59 Å². The zero-order chi connectivity index (χ0) is 27.0. The highest BCUT2D eigenvalue weighted by atomic mass is 19.4. The number of cyclic esters (lactones) is 1. The standard InChI is InChI=1S/C25H23F3N2O7/c1-24(22(32)33,36-10-9-35-2)20-13-30(23(34)37-20)15-8-7-14-11-19(29-21(31)17(14)12-15)16-5-3-4-6-18(16)25(26,27)28/h3-8,11-12,20H,9-10,13H2,1-2H3,(H,29,31)(H,32,33)/t20?,24-/m0/s1. The molecule has 0 aliphatic carbocycles. The minimum Gasteiger partial charge on any atom is -0.479 e. The molecule has 1 amide bonds. The molecule has 0 bridgehead atoms. The number of aliphatic carboxylic acids is 1. The number of halogens is 3. The van der Waals surface area contributed by atoms with Gasteiger partial charge in [0.2, 0.25) is 5.60 Å². The summed E-state index contributed by atoms with van der Waals surface area (Å²) in [7, 11) is 1.43. The SMILES string of the molecule is COCCO[C@](C)(C(=O)O)C1CN(c2ccc3cc(-c4ccccc4C(F)(F)F)[nH]c(=O)c3c2)C(=O)O1. The van der Waals surface area contributed by atoms with Crippen molar-refractivity contribution < 1.29 is 42.1 Å². The summed E-state index contributed by atoms with van der Waals surface area (Å²) in [5.74, 6) is -1.33. The van der Waals surface area contributed by atoms with Gasteiger partial charge in [-0.15, -0.1) is 0 Å². The topological polar surface area (TPSA) is 118 Å². The van der Waals surface area contributed by atoms with Crippen LogP contribution in [0.25, 0.3) is 22.0 Å².